The van der Waals surface area contributed by atoms with Gasteiger partial charge in [-0.2, -0.15) is 0 Å². The van der Waals surface area contributed by atoms with Crippen LogP contribution in [0.25, 0.3) is 10.2 Å². The monoisotopic (exact) mass is 388 g/mol. The summed E-state index contributed by atoms with van der Waals surface area (Å²) >= 11 is 9.15. The van der Waals surface area contributed by atoms with Crippen molar-refractivity contribution >= 4 is 56.5 Å². The van der Waals surface area contributed by atoms with E-state index >= 15 is 0 Å². The van der Waals surface area contributed by atoms with Gasteiger partial charge in [0, 0.05) is 16.8 Å². The van der Waals surface area contributed by atoms with Gasteiger partial charge >= 0.3 is 0 Å². The van der Waals surface area contributed by atoms with Crippen LogP contribution < -0.4 is 4.90 Å². The molecule has 0 spiro atoms. The number of carbonyl (C=O) groups is 1. The van der Waals surface area contributed by atoms with Gasteiger partial charge in [-0.15, -0.1) is 11.3 Å². The van der Waals surface area contributed by atoms with E-state index in [2.05, 4.69) is 18.0 Å². The lowest BCUT2D eigenvalue weighted by atomic mass is 10.1. The number of aromatic nitrogens is 1. The summed E-state index contributed by atoms with van der Waals surface area (Å²) in [7, 11) is 0. The molecule has 2 aromatic carbocycles. The van der Waals surface area contributed by atoms with Crippen LogP contribution in [0.5, 0.6) is 0 Å². The normalized spacial score (nSPS) is 17.7. The first-order chi connectivity index (χ1) is 12.0. The Bertz CT molecular complexity index is 956. The van der Waals surface area contributed by atoms with E-state index in [-0.39, 0.29) is 17.2 Å². The number of thiazole rings is 1. The number of hydrogen-bond donors (Lipinski definition) is 0. The molecule has 1 amide bonds. The Balaban J connectivity index is 1.56. The molecule has 25 heavy (non-hydrogen) atoms. The minimum Gasteiger partial charge on any atom is -0.308 e. The minimum atomic E-state index is -0.190. The molecule has 0 radical (unpaired) electrons. The van der Waals surface area contributed by atoms with Gasteiger partial charge in [0.15, 0.2) is 4.34 Å². The first kappa shape index (κ1) is 16.9. The number of carbonyl (C=O) groups excluding carboxylic acids is 1. The maximum atomic E-state index is 13.1. The average molecular weight is 389 g/mol. The van der Waals surface area contributed by atoms with E-state index in [0.717, 1.165) is 26.7 Å². The summed E-state index contributed by atoms with van der Waals surface area (Å²) in [5, 5.41) is 0.491. The van der Waals surface area contributed by atoms with E-state index < -0.39 is 0 Å². The highest BCUT2D eigenvalue weighted by molar-refractivity contribution is 8.02. The highest BCUT2D eigenvalue weighted by atomic mass is 35.5. The van der Waals surface area contributed by atoms with Crippen LogP contribution in [0.2, 0.25) is 5.02 Å². The number of benzene rings is 2. The standard InChI is InChI=1S/C19H17ClN2OS2/c1-11-9-13-5-3-4-6-16(13)22(11)18(23)12(2)24-19-21-15-10-14(20)7-8-17(15)25-19/h3-8,10-12H,9H2,1-2H3/t11-,12-/m0/s1. The first-order valence-electron chi connectivity index (χ1n) is 8.16. The zero-order chi connectivity index (χ0) is 17.6. The number of thioether (sulfide) groups is 1. The first-order valence-corrected chi connectivity index (χ1v) is 10.2. The zero-order valence-corrected chi connectivity index (χ0v) is 16.3. The predicted molar refractivity (Wildman–Crippen MR) is 107 cm³/mol. The van der Waals surface area contributed by atoms with E-state index in [1.807, 2.05) is 48.2 Å². The lowest BCUT2D eigenvalue weighted by Gasteiger charge is -2.25. The molecule has 0 aliphatic carbocycles. The van der Waals surface area contributed by atoms with Gasteiger partial charge in [-0.1, -0.05) is 41.6 Å². The molecule has 2 heterocycles. The summed E-state index contributed by atoms with van der Waals surface area (Å²) in [6.07, 6.45) is 0.916. The number of para-hydroxylation sites is 1. The number of hydrogen-bond acceptors (Lipinski definition) is 4. The maximum Gasteiger partial charge on any atom is 0.240 e. The number of halogens is 1. The zero-order valence-electron chi connectivity index (χ0n) is 13.9. The van der Waals surface area contributed by atoms with Crippen LogP contribution in [0.1, 0.15) is 19.4 Å². The van der Waals surface area contributed by atoms with Crippen molar-refractivity contribution in [1.29, 1.82) is 0 Å². The van der Waals surface area contributed by atoms with Crippen LogP contribution in [-0.2, 0) is 11.2 Å². The lowest BCUT2D eigenvalue weighted by molar-refractivity contribution is -0.118. The lowest BCUT2D eigenvalue weighted by Crippen LogP contribution is -2.40. The topological polar surface area (TPSA) is 33.2 Å². The highest BCUT2D eigenvalue weighted by Gasteiger charge is 2.33. The third kappa shape index (κ3) is 3.16. The van der Waals surface area contributed by atoms with E-state index in [4.69, 9.17) is 11.6 Å². The van der Waals surface area contributed by atoms with Gasteiger partial charge in [-0.25, -0.2) is 4.98 Å². The Morgan fingerprint density at radius 3 is 3.00 bits per heavy atom. The highest BCUT2D eigenvalue weighted by Crippen LogP contribution is 2.37. The van der Waals surface area contributed by atoms with Crippen LogP contribution in [0.15, 0.2) is 46.8 Å². The second-order valence-corrected chi connectivity index (χ2v) is 9.30. The molecule has 3 nitrogen and oxygen atoms in total. The molecule has 0 fully saturated rings. The molecule has 0 saturated carbocycles. The van der Waals surface area contributed by atoms with Crippen LogP contribution >= 0.6 is 34.7 Å². The summed E-state index contributed by atoms with van der Waals surface area (Å²) in [6, 6.07) is 14.1. The molecule has 128 valence electrons. The second-order valence-electron chi connectivity index (χ2n) is 6.24. The number of rotatable bonds is 3. The van der Waals surface area contributed by atoms with E-state index in [1.165, 1.54) is 17.3 Å². The van der Waals surface area contributed by atoms with E-state index in [9.17, 15) is 4.79 Å². The summed E-state index contributed by atoms with van der Waals surface area (Å²) in [6.45, 7) is 4.06. The van der Waals surface area contributed by atoms with Crippen LogP contribution in [0, 0.1) is 0 Å². The summed E-state index contributed by atoms with van der Waals surface area (Å²) < 4.78 is 1.99. The van der Waals surface area contributed by atoms with Crippen molar-refractivity contribution in [3.63, 3.8) is 0 Å². The Morgan fingerprint density at radius 1 is 1.36 bits per heavy atom. The molecular formula is C19H17ClN2OS2. The molecule has 4 rings (SSSR count). The van der Waals surface area contributed by atoms with Crippen molar-refractivity contribution in [2.24, 2.45) is 0 Å². The Labute approximate surface area is 160 Å². The molecule has 1 aliphatic heterocycles. The molecule has 2 atom stereocenters. The van der Waals surface area contributed by atoms with E-state index in [0.29, 0.717) is 5.02 Å². The predicted octanol–water partition coefficient (Wildman–Crippen LogP) is 5.41. The molecule has 3 aromatic rings. The van der Waals surface area contributed by atoms with Crippen LogP contribution in [0.3, 0.4) is 0 Å². The van der Waals surface area contributed by atoms with Crippen molar-refractivity contribution in [1.82, 2.24) is 4.98 Å². The number of fused-ring (bicyclic) bond motifs is 2. The fourth-order valence-corrected chi connectivity index (χ4v) is 5.64. The van der Waals surface area contributed by atoms with Crippen molar-refractivity contribution in [3.8, 4) is 0 Å². The number of amides is 1. The molecule has 0 bridgehead atoms. The second kappa shape index (κ2) is 6.63. The molecule has 1 aromatic heterocycles. The van der Waals surface area contributed by atoms with Gasteiger partial charge in [-0.3, -0.25) is 4.79 Å². The van der Waals surface area contributed by atoms with Gasteiger partial charge in [-0.05, 0) is 50.1 Å². The van der Waals surface area contributed by atoms with Gasteiger partial charge in [0.1, 0.15) is 0 Å². The van der Waals surface area contributed by atoms with Gasteiger partial charge in [0.05, 0.1) is 15.5 Å². The molecule has 0 unspecified atom stereocenters. The molecular weight excluding hydrogens is 372 g/mol. The summed E-state index contributed by atoms with van der Waals surface area (Å²) in [4.78, 5) is 19.6. The molecule has 0 saturated heterocycles. The van der Waals surface area contributed by atoms with Gasteiger partial charge < -0.3 is 4.90 Å². The SMILES string of the molecule is C[C@H](Sc1nc2cc(Cl)ccc2s1)C(=O)N1c2ccccc2C[C@@H]1C. The molecule has 1 aliphatic rings. The van der Waals surface area contributed by atoms with Gasteiger partial charge in [0.25, 0.3) is 0 Å². The van der Waals surface area contributed by atoms with Crippen LogP contribution in [-0.4, -0.2) is 22.2 Å². The number of anilines is 1. The summed E-state index contributed by atoms with van der Waals surface area (Å²) in [5.41, 5.74) is 3.18. The van der Waals surface area contributed by atoms with E-state index in [1.54, 1.807) is 11.3 Å². The molecule has 0 N–H and O–H groups in total. The third-order valence-corrected chi connectivity index (χ3v) is 6.85. The Kier molecular flexibility index (Phi) is 4.48. The van der Waals surface area contributed by atoms with Crippen molar-refractivity contribution in [2.45, 2.75) is 35.9 Å². The van der Waals surface area contributed by atoms with Crippen LogP contribution in [0.4, 0.5) is 5.69 Å². The average Bonchev–Trinajstić information content (AvgIpc) is 3.12. The fraction of sp³-hybridized carbons (Fsp3) is 0.263. The van der Waals surface area contributed by atoms with Gasteiger partial charge in [0.2, 0.25) is 5.91 Å². The summed E-state index contributed by atoms with van der Waals surface area (Å²) in [5.74, 6) is 0.139. The minimum absolute atomic E-state index is 0.139. The third-order valence-electron chi connectivity index (χ3n) is 4.40. The molecule has 6 heteroatoms. The quantitative estimate of drug-likeness (QED) is 0.562. The number of nitrogens with zero attached hydrogens (tertiary/aromatic N) is 2. The maximum absolute atomic E-state index is 13.1. The van der Waals surface area contributed by atoms with Crippen molar-refractivity contribution < 1.29 is 4.79 Å². The van der Waals surface area contributed by atoms with Crippen molar-refractivity contribution in [2.75, 3.05) is 4.90 Å². The Morgan fingerprint density at radius 2 is 2.16 bits per heavy atom. The fourth-order valence-electron chi connectivity index (χ4n) is 3.23. The smallest absolute Gasteiger partial charge is 0.240 e. The Hall–Kier alpha value is -1.56. The largest absolute Gasteiger partial charge is 0.308 e. The van der Waals surface area contributed by atoms with Crippen molar-refractivity contribution in [3.05, 3.63) is 53.1 Å².